The van der Waals surface area contributed by atoms with E-state index in [2.05, 4.69) is 4.90 Å². The van der Waals surface area contributed by atoms with Gasteiger partial charge in [0.15, 0.2) is 5.78 Å². The van der Waals surface area contributed by atoms with Gasteiger partial charge in [-0.1, -0.05) is 30.3 Å². The zero-order valence-electron chi connectivity index (χ0n) is 16.2. The van der Waals surface area contributed by atoms with Crippen LogP contribution in [0.15, 0.2) is 59.5 Å². The zero-order valence-corrected chi connectivity index (χ0v) is 17.0. The van der Waals surface area contributed by atoms with Gasteiger partial charge in [0.2, 0.25) is 10.0 Å². The SMILES string of the molecule is COc1ccccc1N1CCN(S(=O)(=O)c2ccc(/C=C/C(=O)CO)cc2)CC1. The van der Waals surface area contributed by atoms with E-state index in [0.29, 0.717) is 31.7 Å². The van der Waals surface area contributed by atoms with E-state index < -0.39 is 22.4 Å². The molecule has 1 heterocycles. The maximum Gasteiger partial charge on any atom is 0.243 e. The fourth-order valence-electron chi connectivity index (χ4n) is 3.20. The van der Waals surface area contributed by atoms with Gasteiger partial charge in [-0.15, -0.1) is 0 Å². The summed E-state index contributed by atoms with van der Waals surface area (Å²) in [6, 6.07) is 14.0. The highest BCUT2D eigenvalue weighted by molar-refractivity contribution is 7.89. The number of ketones is 1. The summed E-state index contributed by atoms with van der Waals surface area (Å²) < 4.78 is 32.8. The van der Waals surface area contributed by atoms with Crippen molar-refractivity contribution in [2.24, 2.45) is 0 Å². The van der Waals surface area contributed by atoms with Gasteiger partial charge in [0.1, 0.15) is 12.4 Å². The third-order valence-corrected chi connectivity index (χ3v) is 6.71. The maximum absolute atomic E-state index is 13.0. The molecule has 0 amide bonds. The van der Waals surface area contributed by atoms with E-state index in [0.717, 1.165) is 11.4 Å². The zero-order chi connectivity index (χ0) is 20.9. The van der Waals surface area contributed by atoms with E-state index in [4.69, 9.17) is 9.84 Å². The molecular formula is C21H24N2O5S. The predicted molar refractivity (Wildman–Crippen MR) is 112 cm³/mol. The van der Waals surface area contributed by atoms with Crippen LogP contribution in [0.5, 0.6) is 5.75 Å². The van der Waals surface area contributed by atoms with Crippen LogP contribution in [0.1, 0.15) is 5.56 Å². The monoisotopic (exact) mass is 416 g/mol. The summed E-state index contributed by atoms with van der Waals surface area (Å²) in [4.78, 5) is 13.5. The largest absolute Gasteiger partial charge is 0.495 e. The van der Waals surface area contributed by atoms with Crippen LogP contribution in [0, 0.1) is 0 Å². The second kappa shape index (κ2) is 9.21. The van der Waals surface area contributed by atoms with E-state index in [1.165, 1.54) is 22.5 Å². The number of aliphatic hydroxyl groups excluding tert-OH is 1. The average Bonchev–Trinajstić information content (AvgIpc) is 2.77. The molecular weight excluding hydrogens is 392 g/mol. The molecule has 1 aliphatic rings. The Hall–Kier alpha value is -2.68. The molecule has 7 nitrogen and oxygen atoms in total. The van der Waals surface area contributed by atoms with Crippen LogP contribution in [-0.2, 0) is 14.8 Å². The molecule has 1 saturated heterocycles. The number of anilines is 1. The highest BCUT2D eigenvalue weighted by Crippen LogP contribution is 2.29. The smallest absolute Gasteiger partial charge is 0.243 e. The Morgan fingerprint density at radius 2 is 1.72 bits per heavy atom. The fourth-order valence-corrected chi connectivity index (χ4v) is 4.62. The van der Waals surface area contributed by atoms with Gasteiger partial charge in [-0.05, 0) is 35.9 Å². The van der Waals surface area contributed by atoms with Crippen LogP contribution in [0.2, 0.25) is 0 Å². The number of piperazine rings is 1. The first kappa shape index (κ1) is 21.0. The molecule has 1 N–H and O–H groups in total. The Labute approximate surface area is 170 Å². The van der Waals surface area contributed by atoms with Crippen molar-refractivity contribution < 1.29 is 23.1 Å². The van der Waals surface area contributed by atoms with Crippen molar-refractivity contribution in [1.82, 2.24) is 4.31 Å². The lowest BCUT2D eigenvalue weighted by atomic mass is 10.2. The number of ether oxygens (including phenoxy) is 1. The number of hydrogen-bond acceptors (Lipinski definition) is 6. The van der Waals surface area contributed by atoms with Gasteiger partial charge in [-0.2, -0.15) is 4.31 Å². The van der Waals surface area contributed by atoms with E-state index in [-0.39, 0.29) is 4.90 Å². The number of methoxy groups -OCH3 is 1. The molecule has 0 aromatic heterocycles. The lowest BCUT2D eigenvalue weighted by Gasteiger charge is -2.35. The molecule has 0 aliphatic carbocycles. The first-order valence-electron chi connectivity index (χ1n) is 9.25. The average molecular weight is 416 g/mol. The molecule has 0 unspecified atom stereocenters. The number of hydrogen-bond donors (Lipinski definition) is 1. The second-order valence-corrected chi connectivity index (χ2v) is 8.53. The number of carbonyl (C=O) groups excluding carboxylic acids is 1. The number of carbonyl (C=O) groups is 1. The van der Waals surface area contributed by atoms with Crippen molar-refractivity contribution in [3.63, 3.8) is 0 Å². The van der Waals surface area contributed by atoms with Crippen LogP contribution >= 0.6 is 0 Å². The Morgan fingerprint density at radius 1 is 1.07 bits per heavy atom. The number of benzene rings is 2. The lowest BCUT2D eigenvalue weighted by Crippen LogP contribution is -2.48. The number of aliphatic hydroxyl groups is 1. The minimum Gasteiger partial charge on any atom is -0.495 e. The molecule has 8 heteroatoms. The molecule has 0 bridgehead atoms. The molecule has 154 valence electrons. The molecule has 0 atom stereocenters. The number of nitrogens with zero attached hydrogens (tertiary/aromatic N) is 2. The van der Waals surface area contributed by atoms with E-state index >= 15 is 0 Å². The van der Waals surface area contributed by atoms with Crippen molar-refractivity contribution in [3.8, 4) is 5.75 Å². The van der Waals surface area contributed by atoms with Crippen molar-refractivity contribution in [2.75, 3.05) is 44.8 Å². The minimum atomic E-state index is -3.59. The Bertz CT molecular complexity index is 978. The van der Waals surface area contributed by atoms with Crippen molar-refractivity contribution in [1.29, 1.82) is 0 Å². The lowest BCUT2D eigenvalue weighted by molar-refractivity contribution is -0.117. The predicted octanol–water partition coefficient (Wildman–Crippen LogP) is 1.78. The van der Waals surface area contributed by atoms with Crippen LogP contribution in [-0.4, -0.2) is 63.5 Å². The van der Waals surface area contributed by atoms with E-state index in [9.17, 15) is 13.2 Å². The molecule has 2 aromatic carbocycles. The Morgan fingerprint density at radius 3 is 2.34 bits per heavy atom. The molecule has 29 heavy (non-hydrogen) atoms. The number of rotatable bonds is 7. The van der Waals surface area contributed by atoms with Gasteiger partial charge in [0, 0.05) is 26.2 Å². The summed E-state index contributed by atoms with van der Waals surface area (Å²) in [5, 5.41) is 8.73. The normalized spacial score (nSPS) is 15.6. The summed E-state index contributed by atoms with van der Waals surface area (Å²) >= 11 is 0. The second-order valence-electron chi connectivity index (χ2n) is 6.59. The Balaban J connectivity index is 1.68. The van der Waals surface area contributed by atoms with Gasteiger partial charge in [0.05, 0.1) is 17.7 Å². The third-order valence-electron chi connectivity index (χ3n) is 4.80. The summed E-state index contributed by atoms with van der Waals surface area (Å²) in [5.41, 5.74) is 1.65. The summed E-state index contributed by atoms with van der Waals surface area (Å²) in [6.07, 6.45) is 2.81. The molecule has 1 aliphatic heterocycles. The van der Waals surface area contributed by atoms with E-state index in [1.807, 2.05) is 24.3 Å². The van der Waals surface area contributed by atoms with Gasteiger partial charge in [-0.3, -0.25) is 4.79 Å². The molecule has 3 rings (SSSR count). The highest BCUT2D eigenvalue weighted by atomic mass is 32.2. The first-order valence-corrected chi connectivity index (χ1v) is 10.7. The molecule has 0 spiro atoms. The highest BCUT2D eigenvalue weighted by Gasteiger charge is 2.29. The summed E-state index contributed by atoms with van der Waals surface area (Å²) in [7, 11) is -1.97. The first-order chi connectivity index (χ1) is 14.0. The van der Waals surface area contributed by atoms with Crippen molar-refractivity contribution >= 4 is 27.6 Å². The topological polar surface area (TPSA) is 87.2 Å². The molecule has 0 radical (unpaired) electrons. The van der Waals surface area contributed by atoms with Crippen molar-refractivity contribution in [3.05, 3.63) is 60.2 Å². The number of sulfonamides is 1. The molecule has 0 saturated carbocycles. The fraction of sp³-hybridized carbons (Fsp3) is 0.286. The van der Waals surface area contributed by atoms with Gasteiger partial charge < -0.3 is 14.7 Å². The molecule has 2 aromatic rings. The van der Waals surface area contributed by atoms with Gasteiger partial charge >= 0.3 is 0 Å². The number of para-hydroxylation sites is 2. The van der Waals surface area contributed by atoms with Crippen LogP contribution < -0.4 is 9.64 Å². The van der Waals surface area contributed by atoms with Crippen LogP contribution in [0.25, 0.3) is 6.08 Å². The maximum atomic E-state index is 13.0. The quantitative estimate of drug-likeness (QED) is 0.693. The molecule has 1 fully saturated rings. The van der Waals surface area contributed by atoms with Gasteiger partial charge in [-0.25, -0.2) is 8.42 Å². The van der Waals surface area contributed by atoms with Gasteiger partial charge in [0.25, 0.3) is 0 Å². The van der Waals surface area contributed by atoms with Crippen molar-refractivity contribution in [2.45, 2.75) is 4.90 Å². The van der Waals surface area contributed by atoms with Crippen LogP contribution in [0.3, 0.4) is 0 Å². The Kier molecular flexibility index (Phi) is 6.68. The van der Waals surface area contributed by atoms with Crippen LogP contribution in [0.4, 0.5) is 5.69 Å². The third kappa shape index (κ3) is 4.84. The summed E-state index contributed by atoms with van der Waals surface area (Å²) in [6.45, 7) is 1.36. The standard InChI is InChI=1S/C21H24N2O5S/c1-28-21-5-3-2-4-20(21)22-12-14-23(15-13-22)29(26,27)19-10-7-17(8-11-19)6-9-18(25)16-24/h2-11,24H,12-16H2,1H3/b9-6+. The van der Waals surface area contributed by atoms with E-state index in [1.54, 1.807) is 25.3 Å². The summed E-state index contributed by atoms with van der Waals surface area (Å²) in [5.74, 6) is 0.363. The minimum absolute atomic E-state index is 0.217.